The lowest BCUT2D eigenvalue weighted by atomic mass is 9.83. The average Bonchev–Trinajstić information content (AvgIpc) is 2.09. The molecule has 0 saturated heterocycles. The second kappa shape index (κ2) is 5.30. The minimum atomic E-state index is -0.837. The summed E-state index contributed by atoms with van der Waals surface area (Å²) in [5, 5.41) is 27.0. The van der Waals surface area contributed by atoms with E-state index in [1.165, 1.54) is 0 Å². The van der Waals surface area contributed by atoms with Crippen molar-refractivity contribution in [1.82, 2.24) is 0 Å². The van der Waals surface area contributed by atoms with Gasteiger partial charge in [0.1, 0.15) is 0 Å². The van der Waals surface area contributed by atoms with Crippen molar-refractivity contribution in [2.24, 2.45) is 5.41 Å². The number of allylic oxidation sites excluding steroid dienone is 1. The third-order valence-electron chi connectivity index (χ3n) is 2.25. The van der Waals surface area contributed by atoms with Crippen LogP contribution in [0.5, 0.6) is 0 Å². The van der Waals surface area contributed by atoms with Crippen LogP contribution in [0.2, 0.25) is 0 Å². The van der Waals surface area contributed by atoms with Crippen LogP contribution in [-0.4, -0.2) is 35.1 Å². The topological polar surface area (TPSA) is 60.7 Å². The molecule has 0 heterocycles. The van der Waals surface area contributed by atoms with Crippen LogP contribution in [0.15, 0.2) is 11.6 Å². The molecule has 0 radical (unpaired) electrons. The van der Waals surface area contributed by atoms with Crippen molar-refractivity contribution < 1.29 is 15.3 Å². The summed E-state index contributed by atoms with van der Waals surface area (Å²) in [7, 11) is 0. The van der Waals surface area contributed by atoms with Gasteiger partial charge in [0.2, 0.25) is 0 Å². The summed E-state index contributed by atoms with van der Waals surface area (Å²) < 4.78 is 0. The zero-order chi connectivity index (χ0) is 9.61. The largest absolute Gasteiger partial charge is 0.395 e. The van der Waals surface area contributed by atoms with Crippen molar-refractivity contribution in [1.29, 1.82) is 0 Å². The molecule has 3 nitrogen and oxygen atoms in total. The Morgan fingerprint density at radius 3 is 1.83 bits per heavy atom. The van der Waals surface area contributed by atoms with Crippen LogP contribution in [0.25, 0.3) is 0 Å². The molecule has 12 heavy (non-hydrogen) atoms. The quantitative estimate of drug-likeness (QED) is 0.525. The zero-order valence-electron chi connectivity index (χ0n) is 7.75. The van der Waals surface area contributed by atoms with Crippen molar-refractivity contribution in [3.63, 3.8) is 0 Å². The van der Waals surface area contributed by atoms with E-state index in [-0.39, 0.29) is 19.8 Å². The Bertz CT molecular complexity index is 140. The van der Waals surface area contributed by atoms with Gasteiger partial charge >= 0.3 is 0 Å². The van der Waals surface area contributed by atoms with Crippen LogP contribution in [0, 0.1) is 5.41 Å². The Kier molecular flexibility index (Phi) is 5.13. The van der Waals surface area contributed by atoms with Crippen molar-refractivity contribution in [2.45, 2.75) is 20.3 Å². The number of rotatable bonds is 5. The summed E-state index contributed by atoms with van der Waals surface area (Å²) in [4.78, 5) is 0. The van der Waals surface area contributed by atoms with Crippen LogP contribution in [0.1, 0.15) is 20.3 Å². The fourth-order valence-electron chi connectivity index (χ4n) is 1.05. The lowest BCUT2D eigenvalue weighted by Gasteiger charge is -2.28. The van der Waals surface area contributed by atoms with Gasteiger partial charge in [-0.2, -0.15) is 0 Å². The highest BCUT2D eigenvalue weighted by molar-refractivity contribution is 5.12. The number of hydrogen-bond acceptors (Lipinski definition) is 3. The number of aliphatic hydroxyl groups excluding tert-OH is 3. The van der Waals surface area contributed by atoms with Crippen molar-refractivity contribution in [2.75, 3.05) is 19.8 Å². The highest BCUT2D eigenvalue weighted by Crippen LogP contribution is 2.25. The Labute approximate surface area is 73.4 Å². The lowest BCUT2D eigenvalue weighted by Crippen LogP contribution is -2.35. The molecule has 3 heteroatoms. The SMILES string of the molecule is CCC=C(C)C(CO)(CO)CO. The molecule has 0 aliphatic heterocycles. The monoisotopic (exact) mass is 174 g/mol. The molecule has 0 bridgehead atoms. The predicted octanol–water partition coefficient (Wildman–Crippen LogP) is 0.306. The van der Waals surface area contributed by atoms with E-state index in [9.17, 15) is 0 Å². The van der Waals surface area contributed by atoms with Gasteiger partial charge in [-0.1, -0.05) is 18.6 Å². The Morgan fingerprint density at radius 1 is 1.17 bits per heavy atom. The van der Waals surface area contributed by atoms with Crippen molar-refractivity contribution >= 4 is 0 Å². The highest BCUT2D eigenvalue weighted by atomic mass is 16.3. The minimum Gasteiger partial charge on any atom is -0.395 e. The van der Waals surface area contributed by atoms with Crippen LogP contribution >= 0.6 is 0 Å². The maximum atomic E-state index is 9.01. The Hall–Kier alpha value is -0.380. The van der Waals surface area contributed by atoms with Crippen LogP contribution in [0.4, 0.5) is 0 Å². The van der Waals surface area contributed by atoms with E-state index < -0.39 is 5.41 Å². The van der Waals surface area contributed by atoms with Gasteiger partial charge in [-0.05, 0) is 13.3 Å². The van der Waals surface area contributed by atoms with E-state index in [0.29, 0.717) is 0 Å². The van der Waals surface area contributed by atoms with Crippen LogP contribution in [-0.2, 0) is 0 Å². The third kappa shape index (κ3) is 2.30. The maximum Gasteiger partial charge on any atom is 0.0602 e. The van der Waals surface area contributed by atoms with Gasteiger partial charge in [-0.3, -0.25) is 0 Å². The molecular formula is C9H18O3. The first-order chi connectivity index (χ1) is 5.66. The van der Waals surface area contributed by atoms with Gasteiger partial charge in [0.25, 0.3) is 0 Å². The molecule has 0 amide bonds. The smallest absolute Gasteiger partial charge is 0.0602 e. The van der Waals surface area contributed by atoms with E-state index >= 15 is 0 Å². The average molecular weight is 174 g/mol. The Balaban J connectivity index is 4.58. The van der Waals surface area contributed by atoms with Gasteiger partial charge < -0.3 is 15.3 Å². The second-order valence-electron chi connectivity index (χ2n) is 3.05. The molecule has 0 rings (SSSR count). The van der Waals surface area contributed by atoms with Gasteiger partial charge in [0.05, 0.1) is 25.2 Å². The van der Waals surface area contributed by atoms with Crippen molar-refractivity contribution in [3.05, 3.63) is 11.6 Å². The first-order valence-electron chi connectivity index (χ1n) is 4.16. The summed E-state index contributed by atoms with van der Waals surface area (Å²) in [6.45, 7) is 3.12. The number of hydrogen-bond donors (Lipinski definition) is 3. The molecule has 0 saturated carbocycles. The minimum absolute atomic E-state index is 0.220. The summed E-state index contributed by atoms with van der Waals surface area (Å²) in [6, 6.07) is 0. The molecule has 0 fully saturated rings. The third-order valence-corrected chi connectivity index (χ3v) is 2.25. The summed E-state index contributed by atoms with van der Waals surface area (Å²) >= 11 is 0. The normalized spacial score (nSPS) is 13.6. The van der Waals surface area contributed by atoms with Gasteiger partial charge in [0, 0.05) is 0 Å². The van der Waals surface area contributed by atoms with E-state index in [1.54, 1.807) is 0 Å². The molecule has 72 valence electrons. The fourth-order valence-corrected chi connectivity index (χ4v) is 1.05. The van der Waals surface area contributed by atoms with Crippen LogP contribution < -0.4 is 0 Å². The number of aliphatic hydroxyl groups is 3. The molecule has 0 aromatic rings. The first-order valence-corrected chi connectivity index (χ1v) is 4.16. The predicted molar refractivity (Wildman–Crippen MR) is 47.7 cm³/mol. The fraction of sp³-hybridized carbons (Fsp3) is 0.778. The Morgan fingerprint density at radius 2 is 1.58 bits per heavy atom. The molecule has 0 aliphatic rings. The van der Waals surface area contributed by atoms with Crippen molar-refractivity contribution in [3.8, 4) is 0 Å². The van der Waals surface area contributed by atoms with E-state index in [4.69, 9.17) is 15.3 Å². The molecular weight excluding hydrogens is 156 g/mol. The first kappa shape index (κ1) is 11.6. The molecule has 0 aromatic carbocycles. The van der Waals surface area contributed by atoms with Crippen LogP contribution in [0.3, 0.4) is 0 Å². The summed E-state index contributed by atoms with van der Waals surface area (Å²) in [5.41, 5.74) is 0.00762. The molecule has 0 unspecified atom stereocenters. The molecule has 0 atom stereocenters. The molecule has 3 N–H and O–H groups in total. The maximum absolute atomic E-state index is 9.01. The zero-order valence-corrected chi connectivity index (χ0v) is 7.75. The molecule has 0 aliphatic carbocycles. The van der Waals surface area contributed by atoms with E-state index in [2.05, 4.69) is 0 Å². The molecule has 0 aromatic heterocycles. The van der Waals surface area contributed by atoms with Gasteiger partial charge in [0.15, 0.2) is 0 Å². The standard InChI is InChI=1S/C9H18O3/c1-3-4-8(2)9(5-10,6-11)7-12/h4,10-12H,3,5-7H2,1-2H3. The van der Waals surface area contributed by atoms with E-state index in [1.807, 2.05) is 19.9 Å². The van der Waals surface area contributed by atoms with Gasteiger partial charge in [-0.25, -0.2) is 0 Å². The van der Waals surface area contributed by atoms with Gasteiger partial charge in [-0.15, -0.1) is 0 Å². The lowest BCUT2D eigenvalue weighted by molar-refractivity contribution is 0.0331. The summed E-state index contributed by atoms with van der Waals surface area (Å²) in [6.07, 6.45) is 2.75. The highest BCUT2D eigenvalue weighted by Gasteiger charge is 2.29. The second-order valence-corrected chi connectivity index (χ2v) is 3.05. The van der Waals surface area contributed by atoms with E-state index in [0.717, 1.165) is 12.0 Å². The summed E-state index contributed by atoms with van der Waals surface area (Å²) in [5.74, 6) is 0. The molecule has 0 spiro atoms.